The van der Waals surface area contributed by atoms with Gasteiger partial charge in [-0.1, -0.05) is 12.1 Å². The Kier molecular flexibility index (Phi) is 4.78. The van der Waals surface area contributed by atoms with Gasteiger partial charge in [-0.25, -0.2) is 15.0 Å². The third-order valence-electron chi connectivity index (χ3n) is 4.79. The van der Waals surface area contributed by atoms with Crippen LogP contribution in [0.15, 0.2) is 46.1 Å². The lowest BCUT2D eigenvalue weighted by atomic mass is 10.1. The standard InChI is InChI=1S/C19H14N8O6/c20-18-17(24-33-25-18)19-22-11-3-1-2-4-12(11)26(19)8-16(28)23-21-7-10-5-14-15(32-9-31-14)6-13(10)27(29)30/h1-7H,8-9H2,(H2,20,25)(H,23,28)/b21-7+. The van der Waals surface area contributed by atoms with Crippen molar-refractivity contribution < 1.29 is 23.8 Å². The van der Waals surface area contributed by atoms with E-state index in [0.29, 0.717) is 22.6 Å². The molecule has 2 aromatic carbocycles. The smallest absolute Gasteiger partial charge is 0.282 e. The molecular weight excluding hydrogens is 436 g/mol. The molecule has 3 N–H and O–H groups in total. The Bertz CT molecular complexity index is 1430. The largest absolute Gasteiger partial charge is 0.454 e. The molecule has 1 amide bonds. The number of nitrogens with one attached hydrogen (secondary N) is 1. The molecule has 0 saturated carbocycles. The van der Waals surface area contributed by atoms with Crippen LogP contribution in [0.25, 0.3) is 22.6 Å². The highest BCUT2D eigenvalue weighted by atomic mass is 16.7. The number of anilines is 1. The maximum absolute atomic E-state index is 12.6. The van der Waals surface area contributed by atoms with Crippen molar-refractivity contribution in [2.75, 3.05) is 12.5 Å². The number of ether oxygens (including phenoxy) is 2. The van der Waals surface area contributed by atoms with E-state index >= 15 is 0 Å². The van der Waals surface area contributed by atoms with Gasteiger partial charge in [0.2, 0.25) is 6.79 Å². The molecule has 0 spiro atoms. The average molecular weight is 450 g/mol. The molecule has 5 rings (SSSR count). The first-order chi connectivity index (χ1) is 16.0. The van der Waals surface area contributed by atoms with E-state index < -0.39 is 10.8 Å². The summed E-state index contributed by atoms with van der Waals surface area (Å²) in [6.07, 6.45) is 1.16. The fourth-order valence-corrected chi connectivity index (χ4v) is 3.33. The monoisotopic (exact) mass is 450 g/mol. The second kappa shape index (κ2) is 7.92. The van der Waals surface area contributed by atoms with E-state index in [1.807, 2.05) is 0 Å². The normalized spacial score (nSPS) is 12.5. The highest BCUT2D eigenvalue weighted by molar-refractivity contribution is 5.89. The van der Waals surface area contributed by atoms with Gasteiger partial charge in [-0.05, 0) is 28.5 Å². The summed E-state index contributed by atoms with van der Waals surface area (Å²) in [6, 6.07) is 9.81. The van der Waals surface area contributed by atoms with Crippen LogP contribution in [0.4, 0.5) is 11.5 Å². The summed E-state index contributed by atoms with van der Waals surface area (Å²) < 4.78 is 16.6. The quantitative estimate of drug-likeness (QED) is 0.247. The number of amides is 1. The Morgan fingerprint density at radius 3 is 2.82 bits per heavy atom. The number of hydrogen-bond donors (Lipinski definition) is 2. The van der Waals surface area contributed by atoms with Crippen molar-refractivity contribution in [3.05, 3.63) is 52.1 Å². The van der Waals surface area contributed by atoms with Crippen LogP contribution in [0.5, 0.6) is 11.5 Å². The summed E-state index contributed by atoms with van der Waals surface area (Å²) in [5.74, 6) is 0.417. The summed E-state index contributed by atoms with van der Waals surface area (Å²) in [5.41, 5.74) is 9.51. The fraction of sp³-hybridized carbons (Fsp3) is 0.105. The van der Waals surface area contributed by atoms with E-state index in [2.05, 4.69) is 30.5 Å². The van der Waals surface area contributed by atoms with Crippen LogP contribution in [-0.2, 0) is 11.3 Å². The molecule has 0 atom stereocenters. The summed E-state index contributed by atoms with van der Waals surface area (Å²) >= 11 is 0. The van der Waals surface area contributed by atoms with Gasteiger partial charge < -0.3 is 19.8 Å². The zero-order valence-electron chi connectivity index (χ0n) is 16.7. The summed E-state index contributed by atoms with van der Waals surface area (Å²) in [7, 11) is 0. The number of nitro groups is 1. The van der Waals surface area contributed by atoms with E-state index in [-0.39, 0.29) is 41.8 Å². The van der Waals surface area contributed by atoms with E-state index in [0.717, 1.165) is 6.21 Å². The minimum Gasteiger partial charge on any atom is -0.454 e. The van der Waals surface area contributed by atoms with Gasteiger partial charge in [-0.2, -0.15) is 5.10 Å². The molecule has 0 radical (unpaired) electrons. The molecule has 0 saturated heterocycles. The number of imidazole rings is 1. The number of para-hydroxylation sites is 2. The van der Waals surface area contributed by atoms with Crippen LogP contribution in [0.1, 0.15) is 5.56 Å². The van der Waals surface area contributed by atoms with Gasteiger partial charge in [0.15, 0.2) is 28.8 Å². The van der Waals surface area contributed by atoms with Gasteiger partial charge in [-0.3, -0.25) is 14.9 Å². The van der Waals surface area contributed by atoms with Gasteiger partial charge >= 0.3 is 0 Å². The van der Waals surface area contributed by atoms with Crippen molar-refractivity contribution in [3.8, 4) is 23.0 Å². The predicted octanol–water partition coefficient (Wildman–Crippen LogP) is 1.46. The number of hydrogen-bond acceptors (Lipinski definition) is 11. The highest BCUT2D eigenvalue weighted by Gasteiger charge is 2.23. The lowest BCUT2D eigenvalue weighted by Crippen LogP contribution is -2.23. The molecule has 0 unspecified atom stereocenters. The molecule has 1 aliphatic rings. The van der Waals surface area contributed by atoms with E-state index in [4.69, 9.17) is 15.2 Å². The minimum atomic E-state index is -0.578. The Morgan fingerprint density at radius 2 is 2.06 bits per heavy atom. The van der Waals surface area contributed by atoms with Crippen LogP contribution in [-0.4, -0.2) is 43.7 Å². The fourth-order valence-electron chi connectivity index (χ4n) is 3.33. The van der Waals surface area contributed by atoms with Crippen LogP contribution in [0.2, 0.25) is 0 Å². The van der Waals surface area contributed by atoms with E-state index in [1.165, 1.54) is 12.1 Å². The number of aromatic nitrogens is 4. The number of carbonyl (C=O) groups is 1. The van der Waals surface area contributed by atoms with Gasteiger partial charge in [-0.15, -0.1) is 0 Å². The van der Waals surface area contributed by atoms with Crippen LogP contribution < -0.4 is 20.6 Å². The lowest BCUT2D eigenvalue weighted by molar-refractivity contribution is -0.385. The van der Waals surface area contributed by atoms with Gasteiger partial charge in [0.1, 0.15) is 6.54 Å². The highest BCUT2D eigenvalue weighted by Crippen LogP contribution is 2.37. The Morgan fingerprint density at radius 1 is 1.27 bits per heavy atom. The predicted molar refractivity (Wildman–Crippen MR) is 112 cm³/mol. The molecule has 166 valence electrons. The molecule has 0 aliphatic carbocycles. The second-order valence-electron chi connectivity index (χ2n) is 6.82. The molecule has 3 heterocycles. The molecule has 0 bridgehead atoms. The molecule has 0 fully saturated rings. The van der Waals surface area contributed by atoms with E-state index in [1.54, 1.807) is 28.8 Å². The number of nitrogens with zero attached hydrogens (tertiary/aromatic N) is 6. The van der Waals surface area contributed by atoms with Gasteiger partial charge in [0, 0.05) is 0 Å². The SMILES string of the molecule is Nc1nonc1-c1nc2ccccc2n1CC(=O)N/N=C/c1cc2c(cc1[N+](=O)[O-])OCO2. The molecular formula is C19H14N8O6. The van der Waals surface area contributed by atoms with Gasteiger partial charge in [0.05, 0.1) is 33.8 Å². The lowest BCUT2D eigenvalue weighted by Gasteiger charge is -2.06. The van der Waals surface area contributed by atoms with Crippen LogP contribution in [0.3, 0.4) is 0 Å². The third kappa shape index (κ3) is 3.65. The third-order valence-corrected chi connectivity index (χ3v) is 4.79. The summed E-state index contributed by atoms with van der Waals surface area (Å²) in [5, 5.41) is 22.5. The zero-order valence-corrected chi connectivity index (χ0v) is 16.7. The number of benzene rings is 2. The maximum atomic E-state index is 12.6. The number of rotatable bonds is 6. The van der Waals surface area contributed by atoms with Crippen molar-refractivity contribution >= 4 is 34.7 Å². The Labute approximate surface area is 183 Å². The van der Waals surface area contributed by atoms with Crippen molar-refractivity contribution in [2.45, 2.75) is 6.54 Å². The van der Waals surface area contributed by atoms with Gasteiger partial charge in [0.25, 0.3) is 11.6 Å². The van der Waals surface area contributed by atoms with Crippen molar-refractivity contribution in [3.63, 3.8) is 0 Å². The number of fused-ring (bicyclic) bond motifs is 2. The van der Waals surface area contributed by atoms with Crippen molar-refractivity contribution in [1.82, 2.24) is 25.3 Å². The van der Waals surface area contributed by atoms with E-state index in [9.17, 15) is 14.9 Å². The number of hydrazone groups is 1. The Balaban J connectivity index is 1.39. The topological polar surface area (TPSA) is 186 Å². The second-order valence-corrected chi connectivity index (χ2v) is 6.82. The number of nitro benzene ring substituents is 1. The number of nitrogens with two attached hydrogens (primary N) is 1. The molecule has 1 aliphatic heterocycles. The minimum absolute atomic E-state index is 0.0279. The molecule has 33 heavy (non-hydrogen) atoms. The van der Waals surface area contributed by atoms with Crippen LogP contribution >= 0.6 is 0 Å². The summed E-state index contributed by atoms with van der Waals surface area (Å²) in [6.45, 7) is -0.223. The molecule has 14 nitrogen and oxygen atoms in total. The first-order valence-electron chi connectivity index (χ1n) is 9.45. The molecule has 2 aromatic heterocycles. The van der Waals surface area contributed by atoms with Crippen LogP contribution in [0, 0.1) is 10.1 Å². The van der Waals surface area contributed by atoms with Crippen molar-refractivity contribution in [1.29, 1.82) is 0 Å². The first-order valence-corrected chi connectivity index (χ1v) is 9.45. The molecule has 14 heteroatoms. The summed E-state index contributed by atoms with van der Waals surface area (Å²) in [4.78, 5) is 27.9. The number of carbonyl (C=O) groups excluding carboxylic acids is 1. The molecule has 4 aromatic rings. The number of nitrogen functional groups attached to an aromatic ring is 1. The van der Waals surface area contributed by atoms with Crippen molar-refractivity contribution in [2.24, 2.45) is 5.10 Å². The Hall–Kier alpha value is -5.01. The average Bonchev–Trinajstić information content (AvgIpc) is 3.51. The zero-order chi connectivity index (χ0) is 22.9. The first kappa shape index (κ1) is 19.9. The maximum Gasteiger partial charge on any atom is 0.282 e.